The van der Waals surface area contributed by atoms with Crippen LogP contribution in [-0.2, 0) is 17.8 Å². The van der Waals surface area contributed by atoms with Crippen molar-refractivity contribution in [1.82, 2.24) is 4.57 Å². The lowest BCUT2D eigenvalue weighted by atomic mass is 10.1. The molecule has 1 N–H and O–H groups in total. The molecule has 2 heterocycles. The van der Waals surface area contributed by atoms with Crippen LogP contribution in [0.15, 0.2) is 66.7 Å². The predicted molar refractivity (Wildman–Crippen MR) is 121 cm³/mol. The molecule has 0 saturated carbocycles. The zero-order chi connectivity index (χ0) is 22.9. The van der Waals surface area contributed by atoms with Crippen LogP contribution in [0.2, 0.25) is 0 Å². The van der Waals surface area contributed by atoms with Crippen molar-refractivity contribution in [2.24, 2.45) is 0 Å². The monoisotopic (exact) mass is 443 g/mol. The molecule has 0 amide bonds. The van der Waals surface area contributed by atoms with Crippen LogP contribution in [0.4, 0.5) is 0 Å². The van der Waals surface area contributed by atoms with Gasteiger partial charge >= 0.3 is 5.97 Å². The standard InChI is InChI=1S/C26H21NO6/c1-16-12-21-18(13-24(28)29)4-2-6-22(21)27(16)26(30)17-8-10-20(11-9-17)31-14-19-5-3-7-23-25(19)33-15-32-23/h2-12H,13-15H2,1H3,(H,28,29). The van der Waals surface area contributed by atoms with Gasteiger partial charge in [-0.2, -0.15) is 0 Å². The summed E-state index contributed by atoms with van der Waals surface area (Å²) in [7, 11) is 0. The Morgan fingerprint density at radius 3 is 2.55 bits per heavy atom. The lowest BCUT2D eigenvalue weighted by molar-refractivity contribution is -0.136. The van der Waals surface area contributed by atoms with E-state index in [1.54, 1.807) is 41.0 Å². The summed E-state index contributed by atoms with van der Waals surface area (Å²) >= 11 is 0. The molecule has 0 spiro atoms. The summed E-state index contributed by atoms with van der Waals surface area (Å²) in [5.41, 5.74) is 3.51. The minimum Gasteiger partial charge on any atom is -0.489 e. The zero-order valence-corrected chi connectivity index (χ0v) is 17.9. The number of para-hydroxylation sites is 1. The van der Waals surface area contributed by atoms with Crippen molar-refractivity contribution in [3.63, 3.8) is 0 Å². The van der Waals surface area contributed by atoms with E-state index in [0.29, 0.717) is 40.5 Å². The third kappa shape index (κ3) is 3.89. The van der Waals surface area contributed by atoms with Crippen LogP contribution in [0.1, 0.15) is 27.2 Å². The minimum atomic E-state index is -0.908. The van der Waals surface area contributed by atoms with Crippen LogP contribution in [0, 0.1) is 6.92 Å². The summed E-state index contributed by atoms with van der Waals surface area (Å²) in [6.45, 7) is 2.35. The fraction of sp³-hybridized carbons (Fsp3) is 0.154. The Morgan fingerprint density at radius 1 is 1.00 bits per heavy atom. The van der Waals surface area contributed by atoms with Crippen molar-refractivity contribution in [3.05, 3.63) is 89.1 Å². The number of ether oxygens (including phenoxy) is 3. The molecular formula is C26H21NO6. The number of rotatable bonds is 6. The molecule has 0 radical (unpaired) electrons. The molecule has 0 atom stereocenters. The number of hydrogen-bond acceptors (Lipinski definition) is 5. The molecule has 5 rings (SSSR count). The second-order valence-electron chi connectivity index (χ2n) is 7.81. The van der Waals surface area contributed by atoms with E-state index in [4.69, 9.17) is 14.2 Å². The molecule has 3 aromatic carbocycles. The summed E-state index contributed by atoms with van der Waals surface area (Å²) in [5.74, 6) is 0.933. The van der Waals surface area contributed by atoms with Gasteiger partial charge in [0, 0.05) is 22.2 Å². The van der Waals surface area contributed by atoms with Gasteiger partial charge in [0.15, 0.2) is 11.5 Å². The number of fused-ring (bicyclic) bond motifs is 2. The number of carboxylic acids is 1. The van der Waals surface area contributed by atoms with Gasteiger partial charge in [-0.3, -0.25) is 14.2 Å². The van der Waals surface area contributed by atoms with Crippen molar-refractivity contribution in [2.45, 2.75) is 20.0 Å². The van der Waals surface area contributed by atoms with Gasteiger partial charge in [-0.05, 0) is 55.0 Å². The van der Waals surface area contributed by atoms with E-state index in [1.165, 1.54) is 0 Å². The van der Waals surface area contributed by atoms with Gasteiger partial charge in [-0.25, -0.2) is 0 Å². The first-order valence-corrected chi connectivity index (χ1v) is 10.5. The average Bonchev–Trinajstić information content (AvgIpc) is 3.42. The van der Waals surface area contributed by atoms with E-state index in [0.717, 1.165) is 16.6 Å². The maximum Gasteiger partial charge on any atom is 0.307 e. The summed E-state index contributed by atoms with van der Waals surface area (Å²) < 4.78 is 18.4. The fourth-order valence-electron chi connectivity index (χ4n) is 4.10. The number of benzene rings is 3. The van der Waals surface area contributed by atoms with Crippen LogP contribution in [0.3, 0.4) is 0 Å². The average molecular weight is 443 g/mol. The van der Waals surface area contributed by atoms with Crippen molar-refractivity contribution in [1.29, 1.82) is 0 Å². The van der Waals surface area contributed by atoms with E-state index < -0.39 is 5.97 Å². The van der Waals surface area contributed by atoms with Crippen molar-refractivity contribution < 1.29 is 28.9 Å². The molecule has 1 aromatic heterocycles. The summed E-state index contributed by atoms with van der Waals surface area (Å²) in [6, 6.07) is 19.8. The maximum atomic E-state index is 13.3. The molecule has 0 saturated heterocycles. The van der Waals surface area contributed by atoms with Gasteiger partial charge in [0.2, 0.25) is 6.79 Å². The molecule has 0 aliphatic carbocycles. The molecule has 1 aliphatic rings. The molecule has 7 heteroatoms. The normalized spacial score (nSPS) is 12.2. The minimum absolute atomic E-state index is 0.0944. The highest BCUT2D eigenvalue weighted by molar-refractivity contribution is 6.04. The first-order chi connectivity index (χ1) is 16.0. The van der Waals surface area contributed by atoms with E-state index in [2.05, 4.69) is 0 Å². The Morgan fingerprint density at radius 2 is 1.76 bits per heavy atom. The second-order valence-corrected chi connectivity index (χ2v) is 7.81. The number of aromatic nitrogens is 1. The van der Waals surface area contributed by atoms with E-state index in [-0.39, 0.29) is 19.1 Å². The highest BCUT2D eigenvalue weighted by Gasteiger charge is 2.19. The summed E-state index contributed by atoms with van der Waals surface area (Å²) in [6.07, 6.45) is -0.0944. The van der Waals surface area contributed by atoms with Crippen LogP contribution in [0.5, 0.6) is 17.2 Å². The SMILES string of the molecule is Cc1cc2c(CC(=O)O)cccc2n1C(=O)c1ccc(OCc2cccc3c2OCO3)cc1. The van der Waals surface area contributed by atoms with Crippen molar-refractivity contribution >= 4 is 22.8 Å². The second kappa shape index (κ2) is 8.35. The summed E-state index contributed by atoms with van der Waals surface area (Å²) in [5, 5.41) is 9.95. The number of carbonyl (C=O) groups is 2. The number of carbonyl (C=O) groups excluding carboxylic acids is 1. The largest absolute Gasteiger partial charge is 0.489 e. The van der Waals surface area contributed by atoms with Gasteiger partial charge in [0.05, 0.1) is 11.9 Å². The highest BCUT2D eigenvalue weighted by atomic mass is 16.7. The Hall–Kier alpha value is -4.26. The topological polar surface area (TPSA) is 87.0 Å². The van der Waals surface area contributed by atoms with Gasteiger partial charge in [-0.1, -0.05) is 24.3 Å². The molecule has 4 aromatic rings. The van der Waals surface area contributed by atoms with Crippen molar-refractivity contribution in [2.75, 3.05) is 6.79 Å². The maximum absolute atomic E-state index is 13.3. The lowest BCUT2D eigenvalue weighted by Gasteiger charge is -2.10. The quantitative estimate of drug-likeness (QED) is 0.470. The highest BCUT2D eigenvalue weighted by Crippen LogP contribution is 2.35. The molecule has 0 unspecified atom stereocenters. The van der Waals surface area contributed by atoms with E-state index in [9.17, 15) is 14.7 Å². The Kier molecular flexibility index (Phi) is 5.22. The molecule has 0 fully saturated rings. The third-order valence-corrected chi connectivity index (χ3v) is 5.64. The molecule has 166 valence electrons. The number of carboxylic acid groups (broad SMARTS) is 1. The van der Waals surface area contributed by atoms with Gasteiger partial charge in [0.1, 0.15) is 12.4 Å². The molecular weight excluding hydrogens is 422 g/mol. The third-order valence-electron chi connectivity index (χ3n) is 5.64. The zero-order valence-electron chi connectivity index (χ0n) is 17.9. The van der Waals surface area contributed by atoms with Crippen molar-refractivity contribution in [3.8, 4) is 17.2 Å². The van der Waals surface area contributed by atoms with Crippen LogP contribution in [0.25, 0.3) is 10.9 Å². The first-order valence-electron chi connectivity index (χ1n) is 10.5. The summed E-state index contributed by atoms with van der Waals surface area (Å²) in [4.78, 5) is 24.5. The van der Waals surface area contributed by atoms with Crippen LogP contribution < -0.4 is 14.2 Å². The van der Waals surface area contributed by atoms with Gasteiger partial charge in [-0.15, -0.1) is 0 Å². The molecule has 0 bridgehead atoms. The van der Waals surface area contributed by atoms with Crippen LogP contribution >= 0.6 is 0 Å². The Bertz CT molecular complexity index is 1370. The smallest absolute Gasteiger partial charge is 0.307 e. The Balaban J connectivity index is 1.36. The predicted octanol–water partition coefficient (Wildman–Crippen LogP) is 4.57. The Labute approximate surface area is 189 Å². The number of aliphatic carboxylic acids is 1. The van der Waals surface area contributed by atoms with E-state index >= 15 is 0 Å². The van der Waals surface area contributed by atoms with E-state index in [1.807, 2.05) is 37.3 Å². The fourth-order valence-corrected chi connectivity index (χ4v) is 4.10. The first kappa shape index (κ1) is 20.6. The molecule has 33 heavy (non-hydrogen) atoms. The number of nitrogens with zero attached hydrogens (tertiary/aromatic N) is 1. The lowest BCUT2D eigenvalue weighted by Crippen LogP contribution is -2.13. The number of aryl methyl sites for hydroxylation is 1. The molecule has 1 aliphatic heterocycles. The van der Waals surface area contributed by atoms with Gasteiger partial charge in [0.25, 0.3) is 5.91 Å². The number of hydrogen-bond donors (Lipinski definition) is 1. The van der Waals surface area contributed by atoms with Gasteiger partial charge < -0.3 is 19.3 Å². The molecule has 7 nitrogen and oxygen atoms in total. The van der Waals surface area contributed by atoms with Crippen LogP contribution in [-0.4, -0.2) is 28.3 Å².